The minimum atomic E-state index is -5.22. The number of alkyl halides is 3. The predicted molar refractivity (Wildman–Crippen MR) is 63.9 cm³/mol. The third-order valence-electron chi connectivity index (χ3n) is 2.46. The van der Waals surface area contributed by atoms with E-state index in [2.05, 4.69) is 4.74 Å². The van der Waals surface area contributed by atoms with Gasteiger partial charge in [0.25, 0.3) is 0 Å². The molecular weight excluding hydrogens is 297 g/mol. The van der Waals surface area contributed by atoms with Crippen molar-refractivity contribution in [2.45, 2.75) is 13.1 Å². The maximum Gasteiger partial charge on any atom is 0.471 e. The van der Waals surface area contributed by atoms with Crippen LogP contribution in [0.1, 0.15) is 15.9 Å². The van der Waals surface area contributed by atoms with Crippen LogP contribution in [-0.4, -0.2) is 30.1 Å². The molecule has 0 radical (unpaired) electrons. The van der Waals surface area contributed by atoms with Crippen LogP contribution in [0.25, 0.3) is 0 Å². The van der Waals surface area contributed by atoms with Crippen molar-refractivity contribution in [2.24, 2.45) is 0 Å². The number of hydrogen-bond acceptors (Lipinski definition) is 5. The fourth-order valence-electron chi connectivity index (χ4n) is 1.54. The Morgan fingerprint density at radius 1 is 1.33 bits per heavy atom. The van der Waals surface area contributed by atoms with E-state index >= 15 is 0 Å². The summed E-state index contributed by atoms with van der Waals surface area (Å²) in [7, 11) is 0.965. The van der Waals surface area contributed by atoms with E-state index in [1.54, 1.807) is 0 Å². The number of amides is 1. The van der Waals surface area contributed by atoms with Gasteiger partial charge in [0.2, 0.25) is 0 Å². The highest BCUT2D eigenvalue weighted by atomic mass is 19.4. The fraction of sp³-hybridized carbons (Fsp3) is 0.273. The van der Waals surface area contributed by atoms with Crippen molar-refractivity contribution < 1.29 is 32.4 Å². The van der Waals surface area contributed by atoms with Gasteiger partial charge in [-0.1, -0.05) is 6.07 Å². The lowest BCUT2D eigenvalue weighted by molar-refractivity contribution is -0.384. The molecule has 7 nitrogen and oxygen atoms in total. The molecule has 0 aliphatic heterocycles. The van der Waals surface area contributed by atoms with Crippen molar-refractivity contribution >= 4 is 23.3 Å². The zero-order valence-corrected chi connectivity index (χ0v) is 10.8. The molecule has 114 valence electrons. The Bertz CT molecular complexity index is 613. The molecule has 1 rings (SSSR count). The summed E-state index contributed by atoms with van der Waals surface area (Å²) in [6.45, 7) is 1.34. The van der Waals surface area contributed by atoms with E-state index in [0.717, 1.165) is 19.2 Å². The molecule has 0 aromatic heterocycles. The molecular formula is C11H9F3N2O5. The average Bonchev–Trinajstić information content (AvgIpc) is 2.37. The SMILES string of the molecule is COC(=O)c1c(C)ccc(NC(=O)C(F)(F)F)c1[N+](=O)[O-]. The summed E-state index contributed by atoms with van der Waals surface area (Å²) in [6.07, 6.45) is -5.22. The number of anilines is 1. The molecule has 1 aromatic rings. The van der Waals surface area contributed by atoms with Crippen LogP contribution in [0.3, 0.4) is 0 Å². The van der Waals surface area contributed by atoms with Gasteiger partial charge in [0.05, 0.1) is 12.0 Å². The maximum absolute atomic E-state index is 12.2. The van der Waals surface area contributed by atoms with Crippen molar-refractivity contribution in [3.05, 3.63) is 33.4 Å². The van der Waals surface area contributed by atoms with Gasteiger partial charge >= 0.3 is 23.7 Å². The largest absolute Gasteiger partial charge is 0.471 e. The zero-order chi connectivity index (χ0) is 16.4. The molecule has 1 N–H and O–H groups in total. The quantitative estimate of drug-likeness (QED) is 0.524. The van der Waals surface area contributed by atoms with E-state index in [9.17, 15) is 32.9 Å². The second-order valence-corrected chi connectivity index (χ2v) is 3.85. The highest BCUT2D eigenvalue weighted by Crippen LogP contribution is 2.32. The number of nitro groups is 1. The van der Waals surface area contributed by atoms with E-state index in [-0.39, 0.29) is 5.56 Å². The summed E-state index contributed by atoms with van der Waals surface area (Å²) in [6, 6.07) is 2.06. The molecule has 0 spiro atoms. The van der Waals surface area contributed by atoms with Gasteiger partial charge in [-0.05, 0) is 18.6 Å². The number of hydrogen-bond donors (Lipinski definition) is 1. The molecule has 0 bridgehead atoms. The molecule has 21 heavy (non-hydrogen) atoms. The fourth-order valence-corrected chi connectivity index (χ4v) is 1.54. The Morgan fingerprint density at radius 2 is 1.90 bits per heavy atom. The Labute approximate surface area is 115 Å². The third-order valence-corrected chi connectivity index (χ3v) is 2.46. The van der Waals surface area contributed by atoms with Crippen LogP contribution in [-0.2, 0) is 9.53 Å². The molecule has 1 amide bonds. The first-order valence-corrected chi connectivity index (χ1v) is 5.34. The number of aryl methyl sites for hydroxylation is 1. The third kappa shape index (κ3) is 3.46. The van der Waals surface area contributed by atoms with Gasteiger partial charge in [-0.15, -0.1) is 0 Å². The first-order chi connectivity index (χ1) is 9.59. The Morgan fingerprint density at radius 3 is 2.33 bits per heavy atom. The molecule has 0 saturated carbocycles. The van der Waals surface area contributed by atoms with Gasteiger partial charge in [0, 0.05) is 0 Å². The van der Waals surface area contributed by atoms with Gasteiger partial charge in [-0.3, -0.25) is 14.9 Å². The van der Waals surface area contributed by atoms with Crippen molar-refractivity contribution in [3.8, 4) is 0 Å². The zero-order valence-electron chi connectivity index (χ0n) is 10.8. The number of carbonyl (C=O) groups excluding carboxylic acids is 2. The topological polar surface area (TPSA) is 98.5 Å². The molecule has 0 atom stereocenters. The van der Waals surface area contributed by atoms with Crippen LogP contribution < -0.4 is 5.32 Å². The first kappa shape index (κ1) is 16.4. The number of methoxy groups -OCH3 is 1. The number of esters is 1. The number of benzene rings is 1. The number of nitrogens with one attached hydrogen (secondary N) is 1. The van der Waals surface area contributed by atoms with Gasteiger partial charge in [0.15, 0.2) is 0 Å². The minimum absolute atomic E-state index is 0.124. The number of halogens is 3. The molecule has 0 aliphatic carbocycles. The Balaban J connectivity index is 3.44. The second-order valence-electron chi connectivity index (χ2n) is 3.85. The number of ether oxygens (including phenoxy) is 1. The minimum Gasteiger partial charge on any atom is -0.465 e. The Kier molecular flexibility index (Phi) is 4.51. The second kappa shape index (κ2) is 5.77. The number of rotatable bonds is 3. The first-order valence-electron chi connectivity index (χ1n) is 5.34. The van der Waals surface area contributed by atoms with Crippen molar-refractivity contribution in [1.82, 2.24) is 0 Å². The van der Waals surface area contributed by atoms with Gasteiger partial charge in [-0.2, -0.15) is 13.2 Å². The summed E-state index contributed by atoms with van der Waals surface area (Å²) >= 11 is 0. The average molecular weight is 306 g/mol. The summed E-state index contributed by atoms with van der Waals surface area (Å²) in [5.41, 5.74) is -2.10. The van der Waals surface area contributed by atoms with E-state index in [0.29, 0.717) is 0 Å². The van der Waals surface area contributed by atoms with Crippen molar-refractivity contribution in [1.29, 1.82) is 0 Å². The molecule has 10 heteroatoms. The van der Waals surface area contributed by atoms with Crippen LogP contribution in [0.5, 0.6) is 0 Å². The molecule has 0 unspecified atom stereocenters. The Hall–Kier alpha value is -2.65. The highest BCUT2D eigenvalue weighted by Gasteiger charge is 2.40. The lowest BCUT2D eigenvalue weighted by Crippen LogP contribution is -2.30. The number of nitro benzene ring substituents is 1. The summed E-state index contributed by atoms with van der Waals surface area (Å²) < 4.78 is 41.0. The highest BCUT2D eigenvalue weighted by molar-refractivity contribution is 6.02. The smallest absolute Gasteiger partial charge is 0.465 e. The predicted octanol–water partition coefficient (Wildman–Crippen LogP) is 2.19. The van der Waals surface area contributed by atoms with E-state index in [4.69, 9.17) is 0 Å². The van der Waals surface area contributed by atoms with Crippen LogP contribution >= 0.6 is 0 Å². The molecule has 0 heterocycles. The van der Waals surface area contributed by atoms with Gasteiger partial charge in [-0.25, -0.2) is 4.79 Å². The van der Waals surface area contributed by atoms with Gasteiger partial charge < -0.3 is 10.1 Å². The van der Waals surface area contributed by atoms with Crippen LogP contribution in [0.2, 0.25) is 0 Å². The van der Waals surface area contributed by atoms with Gasteiger partial charge in [0.1, 0.15) is 11.3 Å². The normalized spacial score (nSPS) is 10.9. The molecule has 0 fully saturated rings. The van der Waals surface area contributed by atoms with Crippen LogP contribution in [0.4, 0.5) is 24.5 Å². The summed E-state index contributed by atoms with van der Waals surface area (Å²) in [4.78, 5) is 32.3. The van der Waals surface area contributed by atoms with Crippen molar-refractivity contribution in [2.75, 3.05) is 12.4 Å². The lowest BCUT2D eigenvalue weighted by Gasteiger charge is -2.11. The number of nitrogens with zero attached hydrogens (tertiary/aromatic N) is 1. The molecule has 1 aromatic carbocycles. The lowest BCUT2D eigenvalue weighted by atomic mass is 10.0. The van der Waals surface area contributed by atoms with E-state index < -0.39 is 39.9 Å². The van der Waals surface area contributed by atoms with Crippen molar-refractivity contribution in [3.63, 3.8) is 0 Å². The summed E-state index contributed by atoms with van der Waals surface area (Å²) in [5.74, 6) is -3.48. The monoisotopic (exact) mass is 306 g/mol. The summed E-state index contributed by atoms with van der Waals surface area (Å²) in [5, 5.41) is 12.4. The van der Waals surface area contributed by atoms with Crippen LogP contribution in [0, 0.1) is 17.0 Å². The molecule has 0 saturated heterocycles. The van der Waals surface area contributed by atoms with E-state index in [1.807, 2.05) is 0 Å². The molecule has 0 aliphatic rings. The number of carbonyl (C=O) groups is 2. The standard InChI is InChI=1S/C11H9F3N2O5/c1-5-3-4-6(15-10(18)11(12,13)14)8(16(19)20)7(5)9(17)21-2/h3-4H,1-2H3,(H,15,18). The van der Waals surface area contributed by atoms with Crippen LogP contribution in [0.15, 0.2) is 12.1 Å². The van der Waals surface area contributed by atoms with E-state index in [1.165, 1.54) is 12.2 Å². The maximum atomic E-state index is 12.2.